The Balaban J connectivity index is 2.12. The minimum Gasteiger partial charge on any atom is -0.381 e. The molecule has 0 bridgehead atoms. The molecule has 0 fully saturated rings. The number of carbonyl (C=O) groups is 1. The molecule has 4 nitrogen and oxygen atoms in total. The molecule has 0 saturated heterocycles. The summed E-state index contributed by atoms with van der Waals surface area (Å²) in [5, 5.41) is 5.73. The number of rotatable bonds is 11. The molecule has 0 aliphatic heterocycles. The lowest BCUT2D eigenvalue weighted by atomic mass is 10.0. The molecule has 0 aromatic heterocycles. The van der Waals surface area contributed by atoms with Gasteiger partial charge in [0.05, 0.1) is 0 Å². The molecule has 1 aromatic carbocycles. The minimum atomic E-state index is -0.160. The monoisotopic (exact) mass is 334 g/mol. The van der Waals surface area contributed by atoms with E-state index in [1.807, 2.05) is 25.1 Å². The Kier molecular flexibility index (Phi) is 10.2. The van der Waals surface area contributed by atoms with Gasteiger partial charge in [0.25, 0.3) is 0 Å². The molecule has 0 spiro atoms. The first-order valence-corrected chi connectivity index (χ1v) is 9.26. The number of amides is 2. The zero-order valence-electron chi connectivity index (χ0n) is 15.8. The van der Waals surface area contributed by atoms with Crippen LogP contribution in [0, 0.1) is 19.8 Å². The van der Waals surface area contributed by atoms with Crippen molar-refractivity contribution in [3.63, 3.8) is 0 Å². The topological polar surface area (TPSA) is 50.4 Å². The smallest absolute Gasteiger partial charge is 0.319 e. The van der Waals surface area contributed by atoms with E-state index in [-0.39, 0.29) is 6.03 Å². The summed E-state index contributed by atoms with van der Waals surface area (Å²) in [6.07, 6.45) is 5.79. The summed E-state index contributed by atoms with van der Waals surface area (Å²) in [6, 6.07) is 5.76. The fourth-order valence-corrected chi connectivity index (χ4v) is 2.52. The molecule has 0 heterocycles. The van der Waals surface area contributed by atoms with E-state index in [1.165, 1.54) is 36.8 Å². The zero-order chi connectivity index (χ0) is 17.8. The van der Waals surface area contributed by atoms with E-state index < -0.39 is 0 Å². The highest BCUT2D eigenvalue weighted by atomic mass is 16.5. The van der Waals surface area contributed by atoms with Crippen molar-refractivity contribution in [2.24, 2.45) is 5.92 Å². The van der Waals surface area contributed by atoms with Crippen LogP contribution in [0.15, 0.2) is 18.2 Å². The molecular weight excluding hydrogens is 300 g/mol. The number of hydrogen-bond acceptors (Lipinski definition) is 2. The highest BCUT2D eigenvalue weighted by Gasteiger charge is 2.06. The van der Waals surface area contributed by atoms with Crippen LogP contribution in [0.5, 0.6) is 0 Å². The van der Waals surface area contributed by atoms with E-state index in [9.17, 15) is 4.79 Å². The van der Waals surface area contributed by atoms with Crippen LogP contribution in [0.1, 0.15) is 57.1 Å². The van der Waals surface area contributed by atoms with Crippen molar-refractivity contribution in [1.82, 2.24) is 5.32 Å². The second-order valence-electron chi connectivity index (χ2n) is 6.52. The van der Waals surface area contributed by atoms with Gasteiger partial charge in [0.15, 0.2) is 0 Å². The molecule has 1 unspecified atom stereocenters. The summed E-state index contributed by atoms with van der Waals surface area (Å²) in [6.45, 7) is 10.7. The molecule has 0 saturated carbocycles. The van der Waals surface area contributed by atoms with Crippen molar-refractivity contribution in [3.05, 3.63) is 29.3 Å². The lowest BCUT2D eigenvalue weighted by molar-refractivity contribution is 0.0925. The van der Waals surface area contributed by atoms with Crippen LogP contribution in [0.25, 0.3) is 0 Å². The molecule has 1 rings (SSSR count). The van der Waals surface area contributed by atoms with Crippen molar-refractivity contribution in [2.75, 3.05) is 25.1 Å². The van der Waals surface area contributed by atoms with Gasteiger partial charge in [0.1, 0.15) is 0 Å². The Bertz CT molecular complexity index is 489. The largest absolute Gasteiger partial charge is 0.381 e. The van der Waals surface area contributed by atoms with Crippen molar-refractivity contribution in [3.8, 4) is 0 Å². The van der Waals surface area contributed by atoms with Crippen LogP contribution in [0.4, 0.5) is 10.5 Å². The average Bonchev–Trinajstić information content (AvgIpc) is 2.57. The summed E-state index contributed by atoms with van der Waals surface area (Å²) < 4.78 is 5.74. The van der Waals surface area contributed by atoms with Crippen LogP contribution < -0.4 is 10.6 Å². The van der Waals surface area contributed by atoms with Gasteiger partial charge in [0, 0.05) is 25.4 Å². The van der Waals surface area contributed by atoms with Crippen LogP contribution in [-0.2, 0) is 4.74 Å². The van der Waals surface area contributed by atoms with Crippen LogP contribution in [0.2, 0.25) is 0 Å². The Labute approximate surface area is 147 Å². The number of benzene rings is 1. The maximum atomic E-state index is 11.9. The molecule has 2 N–H and O–H groups in total. The third-order valence-electron chi connectivity index (χ3n) is 4.41. The van der Waals surface area contributed by atoms with Gasteiger partial charge in [0.2, 0.25) is 0 Å². The van der Waals surface area contributed by atoms with Crippen LogP contribution >= 0.6 is 0 Å². The molecule has 1 aromatic rings. The number of ether oxygens (including phenoxy) is 1. The molecule has 4 heteroatoms. The number of nitrogens with one attached hydrogen (secondary N) is 2. The molecule has 0 aliphatic rings. The lowest BCUT2D eigenvalue weighted by Crippen LogP contribution is -2.30. The molecule has 0 aliphatic carbocycles. The Morgan fingerprint density at radius 3 is 2.62 bits per heavy atom. The number of carbonyl (C=O) groups excluding carboxylic acids is 1. The van der Waals surface area contributed by atoms with Crippen molar-refractivity contribution < 1.29 is 9.53 Å². The predicted octanol–water partition coefficient (Wildman–Crippen LogP) is 5.05. The first-order chi connectivity index (χ1) is 11.6. The minimum absolute atomic E-state index is 0.160. The summed E-state index contributed by atoms with van der Waals surface area (Å²) in [5.41, 5.74) is 3.23. The Morgan fingerprint density at radius 1 is 1.17 bits per heavy atom. The summed E-state index contributed by atoms with van der Waals surface area (Å²) in [7, 11) is 0. The first kappa shape index (κ1) is 20.5. The highest BCUT2D eigenvalue weighted by Crippen LogP contribution is 2.14. The molecule has 24 heavy (non-hydrogen) atoms. The molecular formula is C20H34N2O2. The van der Waals surface area contributed by atoms with E-state index in [0.717, 1.165) is 18.7 Å². The standard InChI is InChI=1S/C20H34N2O2/c1-5-7-9-18(6-2)15-24-13-8-12-21-20(23)22-19-11-10-16(3)17(4)14-19/h10-11,14,18H,5-9,12-13,15H2,1-4H3,(H2,21,22,23). The van der Waals surface area contributed by atoms with E-state index in [0.29, 0.717) is 19.1 Å². The van der Waals surface area contributed by atoms with E-state index in [2.05, 4.69) is 31.4 Å². The van der Waals surface area contributed by atoms with Crippen LogP contribution in [-0.4, -0.2) is 25.8 Å². The molecule has 0 radical (unpaired) electrons. The van der Waals surface area contributed by atoms with Crippen molar-refractivity contribution in [1.29, 1.82) is 0 Å². The van der Waals surface area contributed by atoms with Gasteiger partial charge in [-0.1, -0.05) is 39.2 Å². The summed E-state index contributed by atoms with van der Waals surface area (Å²) in [4.78, 5) is 11.9. The van der Waals surface area contributed by atoms with Gasteiger partial charge in [-0.3, -0.25) is 0 Å². The first-order valence-electron chi connectivity index (χ1n) is 9.26. The highest BCUT2D eigenvalue weighted by molar-refractivity contribution is 5.89. The van der Waals surface area contributed by atoms with Crippen molar-refractivity contribution >= 4 is 11.7 Å². The van der Waals surface area contributed by atoms with Gasteiger partial charge in [-0.05, 0) is 55.9 Å². The second-order valence-corrected chi connectivity index (χ2v) is 6.52. The van der Waals surface area contributed by atoms with Gasteiger partial charge in [-0.25, -0.2) is 4.79 Å². The number of hydrogen-bond donors (Lipinski definition) is 2. The summed E-state index contributed by atoms with van der Waals surface area (Å²) >= 11 is 0. The fourth-order valence-electron chi connectivity index (χ4n) is 2.52. The maximum Gasteiger partial charge on any atom is 0.319 e. The third-order valence-corrected chi connectivity index (χ3v) is 4.41. The van der Waals surface area contributed by atoms with Crippen molar-refractivity contribution in [2.45, 2.75) is 59.8 Å². The Morgan fingerprint density at radius 2 is 1.96 bits per heavy atom. The lowest BCUT2D eigenvalue weighted by Gasteiger charge is -2.14. The second kappa shape index (κ2) is 11.9. The summed E-state index contributed by atoms with van der Waals surface area (Å²) in [5.74, 6) is 0.672. The van der Waals surface area contributed by atoms with Crippen LogP contribution in [0.3, 0.4) is 0 Å². The maximum absolute atomic E-state index is 11.9. The van der Waals surface area contributed by atoms with Gasteiger partial charge < -0.3 is 15.4 Å². The molecule has 1 atom stereocenters. The van der Waals surface area contributed by atoms with Gasteiger partial charge in [-0.15, -0.1) is 0 Å². The van der Waals surface area contributed by atoms with Gasteiger partial charge in [-0.2, -0.15) is 0 Å². The number of anilines is 1. The predicted molar refractivity (Wildman–Crippen MR) is 102 cm³/mol. The number of urea groups is 1. The Hall–Kier alpha value is -1.55. The normalized spacial score (nSPS) is 12.0. The zero-order valence-corrected chi connectivity index (χ0v) is 15.8. The SMILES string of the molecule is CCCCC(CC)COCCCNC(=O)Nc1ccc(C)c(C)c1. The average molecular weight is 335 g/mol. The number of unbranched alkanes of at least 4 members (excludes halogenated alkanes) is 1. The number of aryl methyl sites for hydroxylation is 2. The van der Waals surface area contributed by atoms with E-state index in [1.54, 1.807) is 0 Å². The van der Waals surface area contributed by atoms with E-state index >= 15 is 0 Å². The fraction of sp³-hybridized carbons (Fsp3) is 0.650. The quantitative estimate of drug-likeness (QED) is 0.556. The third kappa shape index (κ3) is 8.34. The molecule has 136 valence electrons. The van der Waals surface area contributed by atoms with Gasteiger partial charge >= 0.3 is 6.03 Å². The molecule has 2 amide bonds. The van der Waals surface area contributed by atoms with E-state index in [4.69, 9.17) is 4.74 Å².